The zero-order valence-electron chi connectivity index (χ0n) is 16.8. The van der Waals surface area contributed by atoms with Gasteiger partial charge >= 0.3 is 0 Å². The minimum Gasteiger partial charge on any atom is -0.357 e. The molecule has 3 rings (SSSR count). The average molecular weight is 516 g/mol. The van der Waals surface area contributed by atoms with Crippen molar-refractivity contribution in [2.45, 2.75) is 50.8 Å². The van der Waals surface area contributed by atoms with E-state index < -0.39 is 0 Å². The van der Waals surface area contributed by atoms with Crippen LogP contribution in [0.4, 0.5) is 0 Å². The molecule has 1 aromatic rings. The summed E-state index contributed by atoms with van der Waals surface area (Å²) >= 11 is 2.05. The second-order valence-corrected chi connectivity index (χ2v) is 8.67. The SMILES string of the molecule is CCNC(=NCc1ccc(C(=O)N2CCCCC2)cc1)NCC1CCCS1.I. The number of benzene rings is 1. The molecule has 156 valence electrons. The van der Waals surface area contributed by atoms with Crippen LogP contribution in [0.1, 0.15) is 54.9 Å². The summed E-state index contributed by atoms with van der Waals surface area (Å²) in [5.41, 5.74) is 1.91. The number of thioether (sulfide) groups is 1. The minimum atomic E-state index is 0. The summed E-state index contributed by atoms with van der Waals surface area (Å²) in [5, 5.41) is 7.48. The van der Waals surface area contributed by atoms with Crippen molar-refractivity contribution in [2.24, 2.45) is 4.99 Å². The van der Waals surface area contributed by atoms with Gasteiger partial charge < -0.3 is 15.5 Å². The van der Waals surface area contributed by atoms with Crippen molar-refractivity contribution >= 4 is 47.6 Å². The predicted octanol–water partition coefficient (Wildman–Crippen LogP) is 3.88. The molecule has 2 aliphatic heterocycles. The topological polar surface area (TPSA) is 56.7 Å². The van der Waals surface area contributed by atoms with Gasteiger partial charge in [0.1, 0.15) is 0 Å². The van der Waals surface area contributed by atoms with Gasteiger partial charge in [-0.15, -0.1) is 24.0 Å². The zero-order chi connectivity index (χ0) is 18.9. The lowest BCUT2D eigenvalue weighted by atomic mass is 10.1. The van der Waals surface area contributed by atoms with E-state index in [2.05, 4.69) is 29.3 Å². The maximum absolute atomic E-state index is 12.5. The van der Waals surface area contributed by atoms with Crippen molar-refractivity contribution in [1.29, 1.82) is 0 Å². The smallest absolute Gasteiger partial charge is 0.253 e. The highest BCUT2D eigenvalue weighted by atomic mass is 127. The van der Waals surface area contributed by atoms with E-state index in [1.54, 1.807) is 0 Å². The summed E-state index contributed by atoms with van der Waals surface area (Å²) < 4.78 is 0. The number of aliphatic imine (C=N–C) groups is 1. The maximum Gasteiger partial charge on any atom is 0.253 e. The van der Waals surface area contributed by atoms with Crippen LogP contribution in [0.15, 0.2) is 29.3 Å². The molecule has 0 bridgehead atoms. The van der Waals surface area contributed by atoms with Gasteiger partial charge in [-0.25, -0.2) is 4.99 Å². The van der Waals surface area contributed by atoms with Gasteiger partial charge in [-0.05, 0) is 62.5 Å². The quantitative estimate of drug-likeness (QED) is 0.343. The van der Waals surface area contributed by atoms with Crippen LogP contribution in [0.5, 0.6) is 0 Å². The van der Waals surface area contributed by atoms with Gasteiger partial charge in [-0.1, -0.05) is 12.1 Å². The number of rotatable bonds is 6. The molecule has 2 heterocycles. The van der Waals surface area contributed by atoms with E-state index in [9.17, 15) is 4.79 Å². The molecule has 2 N–H and O–H groups in total. The molecule has 0 spiro atoms. The van der Waals surface area contributed by atoms with Crippen molar-refractivity contribution in [2.75, 3.05) is 31.9 Å². The van der Waals surface area contributed by atoms with Gasteiger partial charge in [0.05, 0.1) is 6.54 Å². The molecule has 5 nitrogen and oxygen atoms in total. The molecular formula is C21H33IN4OS. The Balaban J connectivity index is 0.00000280. The first-order valence-electron chi connectivity index (χ1n) is 10.3. The second kappa shape index (κ2) is 12.6. The molecule has 2 saturated heterocycles. The molecule has 28 heavy (non-hydrogen) atoms. The predicted molar refractivity (Wildman–Crippen MR) is 130 cm³/mol. The van der Waals surface area contributed by atoms with Crippen LogP contribution in [0.25, 0.3) is 0 Å². The highest BCUT2D eigenvalue weighted by Gasteiger charge is 2.18. The Morgan fingerprint density at radius 1 is 1.14 bits per heavy atom. The molecule has 1 atom stereocenters. The molecule has 7 heteroatoms. The minimum absolute atomic E-state index is 0. The van der Waals surface area contributed by atoms with Gasteiger partial charge in [-0.2, -0.15) is 11.8 Å². The number of likely N-dealkylation sites (tertiary alicyclic amines) is 1. The maximum atomic E-state index is 12.5. The summed E-state index contributed by atoms with van der Waals surface area (Å²) in [6.45, 7) is 6.31. The van der Waals surface area contributed by atoms with Gasteiger partial charge in [0.2, 0.25) is 0 Å². The summed E-state index contributed by atoms with van der Waals surface area (Å²) in [6.07, 6.45) is 6.11. The van der Waals surface area contributed by atoms with E-state index in [1.807, 2.05) is 29.2 Å². The lowest BCUT2D eigenvalue weighted by Gasteiger charge is -2.26. The van der Waals surface area contributed by atoms with Crippen molar-refractivity contribution in [3.63, 3.8) is 0 Å². The Hall–Kier alpha value is -0.960. The van der Waals surface area contributed by atoms with Crippen LogP contribution >= 0.6 is 35.7 Å². The average Bonchev–Trinajstić information content (AvgIpc) is 3.24. The van der Waals surface area contributed by atoms with E-state index in [4.69, 9.17) is 4.99 Å². The standard InChI is InChI=1S/C21H32N4OS.HI/c1-2-22-21(24-16-19-7-6-14-27-19)23-15-17-8-10-18(11-9-17)20(26)25-12-4-3-5-13-25;/h8-11,19H,2-7,12-16H2,1H3,(H2,22,23,24);1H. The van der Waals surface area contributed by atoms with Gasteiger partial charge in [-0.3, -0.25) is 4.79 Å². The third kappa shape index (κ3) is 7.13. The third-order valence-electron chi connectivity index (χ3n) is 5.13. The molecule has 2 aliphatic rings. The highest BCUT2D eigenvalue weighted by molar-refractivity contribution is 14.0. The first-order chi connectivity index (χ1) is 13.3. The number of hydrogen-bond acceptors (Lipinski definition) is 3. The van der Waals surface area contributed by atoms with E-state index >= 15 is 0 Å². The number of nitrogens with one attached hydrogen (secondary N) is 2. The van der Waals surface area contributed by atoms with E-state index in [1.165, 1.54) is 25.0 Å². The number of amides is 1. The van der Waals surface area contributed by atoms with E-state index in [0.717, 1.165) is 56.1 Å². The first kappa shape index (κ1) is 23.3. The second-order valence-electron chi connectivity index (χ2n) is 7.26. The van der Waals surface area contributed by atoms with Crippen LogP contribution < -0.4 is 10.6 Å². The summed E-state index contributed by atoms with van der Waals surface area (Å²) in [5.74, 6) is 2.31. The molecule has 1 unspecified atom stereocenters. The van der Waals surface area contributed by atoms with E-state index in [-0.39, 0.29) is 29.9 Å². The van der Waals surface area contributed by atoms with Crippen LogP contribution in [0.3, 0.4) is 0 Å². The monoisotopic (exact) mass is 516 g/mol. The van der Waals surface area contributed by atoms with Gasteiger partial charge in [0, 0.05) is 37.0 Å². The first-order valence-corrected chi connectivity index (χ1v) is 11.3. The molecule has 1 amide bonds. The van der Waals surface area contributed by atoms with Crippen molar-refractivity contribution in [1.82, 2.24) is 15.5 Å². The van der Waals surface area contributed by atoms with Gasteiger partial charge in [0.15, 0.2) is 5.96 Å². The van der Waals surface area contributed by atoms with Crippen LogP contribution in [0.2, 0.25) is 0 Å². The molecule has 2 fully saturated rings. The number of nitrogens with zero attached hydrogens (tertiary/aromatic N) is 2. The summed E-state index contributed by atoms with van der Waals surface area (Å²) in [7, 11) is 0. The number of halogens is 1. The fourth-order valence-electron chi connectivity index (χ4n) is 3.56. The largest absolute Gasteiger partial charge is 0.357 e. The fourth-order valence-corrected chi connectivity index (χ4v) is 4.76. The van der Waals surface area contributed by atoms with Crippen LogP contribution in [-0.4, -0.2) is 53.9 Å². The summed E-state index contributed by atoms with van der Waals surface area (Å²) in [4.78, 5) is 19.2. The van der Waals surface area contributed by atoms with Crippen molar-refractivity contribution in [3.8, 4) is 0 Å². The van der Waals surface area contributed by atoms with Crippen molar-refractivity contribution < 1.29 is 4.79 Å². The Bertz CT molecular complexity index is 626. The molecule has 0 aliphatic carbocycles. The lowest BCUT2D eigenvalue weighted by molar-refractivity contribution is 0.0724. The molecule has 1 aromatic carbocycles. The van der Waals surface area contributed by atoms with Crippen LogP contribution in [0, 0.1) is 0 Å². The van der Waals surface area contributed by atoms with Crippen LogP contribution in [-0.2, 0) is 6.54 Å². The lowest BCUT2D eigenvalue weighted by Crippen LogP contribution is -2.40. The number of carbonyl (C=O) groups is 1. The number of carbonyl (C=O) groups excluding carboxylic acids is 1. The molecule has 0 aromatic heterocycles. The molecular weight excluding hydrogens is 483 g/mol. The Kier molecular flexibility index (Phi) is 10.5. The normalized spacial score (nSPS) is 19.8. The van der Waals surface area contributed by atoms with Gasteiger partial charge in [0.25, 0.3) is 5.91 Å². The number of guanidine groups is 1. The highest BCUT2D eigenvalue weighted by Crippen LogP contribution is 2.25. The molecule has 0 saturated carbocycles. The molecule has 0 radical (unpaired) electrons. The Morgan fingerprint density at radius 3 is 2.54 bits per heavy atom. The van der Waals surface area contributed by atoms with E-state index in [0.29, 0.717) is 11.8 Å². The number of hydrogen-bond donors (Lipinski definition) is 2. The van der Waals surface area contributed by atoms with Crippen molar-refractivity contribution in [3.05, 3.63) is 35.4 Å². The third-order valence-corrected chi connectivity index (χ3v) is 6.53. The Morgan fingerprint density at radius 2 is 1.89 bits per heavy atom. The summed E-state index contributed by atoms with van der Waals surface area (Å²) in [6, 6.07) is 7.93. The number of piperidine rings is 1. The Labute approximate surface area is 190 Å². The fraction of sp³-hybridized carbons (Fsp3) is 0.619. The zero-order valence-corrected chi connectivity index (χ0v) is 19.9.